The third-order valence-electron chi connectivity index (χ3n) is 2.96. The summed E-state index contributed by atoms with van der Waals surface area (Å²) in [5, 5.41) is 20.4. The Morgan fingerprint density at radius 1 is 1.52 bits per heavy atom. The number of amides is 2. The number of hydrogen-bond donors (Lipinski definition) is 2. The lowest BCUT2D eigenvalue weighted by molar-refractivity contribution is 0.0181. The summed E-state index contributed by atoms with van der Waals surface area (Å²) >= 11 is 3.22. The summed E-state index contributed by atoms with van der Waals surface area (Å²) in [6, 6.07) is 5.93. The van der Waals surface area contributed by atoms with Crippen molar-refractivity contribution in [3.63, 3.8) is 0 Å². The molecule has 1 aliphatic heterocycles. The molecule has 0 aromatic heterocycles. The van der Waals surface area contributed by atoms with Gasteiger partial charge in [-0.05, 0) is 34.1 Å². The molecule has 1 aliphatic rings. The molecule has 1 saturated heterocycles. The Morgan fingerprint density at radius 2 is 2.29 bits per heavy atom. The van der Waals surface area contributed by atoms with E-state index >= 15 is 0 Å². The Bertz CT molecular complexity index is 614. The molecule has 1 fully saturated rings. The highest BCUT2D eigenvalue weighted by atomic mass is 79.9. The lowest BCUT2D eigenvalue weighted by Gasteiger charge is -2.29. The van der Waals surface area contributed by atoms with Crippen LogP contribution in [0.25, 0.3) is 0 Å². The van der Waals surface area contributed by atoms with Crippen LogP contribution in [0.1, 0.15) is 10.4 Å². The molecule has 0 spiro atoms. The standard InChI is InChI=1S/C13H12BrN3O4/c14-10-5-8(12(18)19)1-2-11(10)16-13(20)17-3-4-21-9(6-15)7-17/h1-2,5,9H,3-4,7H2,(H,16,20)(H,18,19). The highest BCUT2D eigenvalue weighted by Gasteiger charge is 2.24. The van der Waals surface area contributed by atoms with Gasteiger partial charge in [0.2, 0.25) is 0 Å². The number of nitrogens with zero attached hydrogens (tertiary/aromatic N) is 2. The molecular weight excluding hydrogens is 342 g/mol. The number of nitriles is 1. The summed E-state index contributed by atoms with van der Waals surface area (Å²) < 4.78 is 5.64. The van der Waals surface area contributed by atoms with Gasteiger partial charge in [0.25, 0.3) is 0 Å². The number of carbonyl (C=O) groups is 2. The van der Waals surface area contributed by atoms with Crippen molar-refractivity contribution in [1.29, 1.82) is 5.26 Å². The number of nitrogens with one attached hydrogen (secondary N) is 1. The van der Waals surface area contributed by atoms with Crippen LogP contribution in [-0.2, 0) is 4.74 Å². The Labute approximate surface area is 129 Å². The average molecular weight is 354 g/mol. The number of carboxylic acid groups (broad SMARTS) is 1. The first-order valence-electron chi connectivity index (χ1n) is 6.11. The van der Waals surface area contributed by atoms with Gasteiger partial charge in [-0.3, -0.25) is 0 Å². The molecule has 1 aromatic rings. The molecule has 0 bridgehead atoms. The number of rotatable bonds is 2. The fourth-order valence-corrected chi connectivity index (χ4v) is 2.33. The number of morpholine rings is 1. The molecule has 7 nitrogen and oxygen atoms in total. The van der Waals surface area contributed by atoms with Crippen LogP contribution >= 0.6 is 15.9 Å². The molecule has 0 aliphatic carbocycles. The summed E-state index contributed by atoms with van der Waals surface area (Å²) in [5.41, 5.74) is 0.584. The van der Waals surface area contributed by atoms with E-state index in [1.165, 1.54) is 23.1 Å². The zero-order chi connectivity index (χ0) is 15.4. The molecule has 8 heteroatoms. The molecule has 1 unspecified atom stereocenters. The van der Waals surface area contributed by atoms with E-state index in [0.717, 1.165) is 0 Å². The molecule has 1 aromatic carbocycles. The number of carboxylic acids is 1. The van der Waals surface area contributed by atoms with Crippen molar-refractivity contribution in [2.45, 2.75) is 6.10 Å². The number of hydrogen-bond acceptors (Lipinski definition) is 4. The van der Waals surface area contributed by atoms with Crippen molar-refractivity contribution >= 4 is 33.6 Å². The zero-order valence-electron chi connectivity index (χ0n) is 10.9. The first-order chi connectivity index (χ1) is 10.0. The predicted octanol–water partition coefficient (Wildman–Crippen LogP) is 1.90. The number of ether oxygens (including phenoxy) is 1. The third kappa shape index (κ3) is 3.71. The minimum atomic E-state index is -1.04. The van der Waals surface area contributed by atoms with E-state index in [4.69, 9.17) is 15.1 Å². The van der Waals surface area contributed by atoms with Crippen molar-refractivity contribution in [3.8, 4) is 6.07 Å². The topological polar surface area (TPSA) is 103 Å². The van der Waals surface area contributed by atoms with Crippen LogP contribution in [0.15, 0.2) is 22.7 Å². The van der Waals surface area contributed by atoms with Gasteiger partial charge in [-0.25, -0.2) is 9.59 Å². The number of aromatic carboxylic acids is 1. The Balaban J connectivity index is 2.06. The molecule has 2 amide bonds. The maximum absolute atomic E-state index is 12.1. The summed E-state index contributed by atoms with van der Waals surface area (Å²) in [6.07, 6.45) is -0.623. The molecule has 21 heavy (non-hydrogen) atoms. The van der Waals surface area contributed by atoms with Crippen molar-refractivity contribution in [2.24, 2.45) is 0 Å². The quantitative estimate of drug-likeness (QED) is 0.845. The molecule has 0 radical (unpaired) electrons. The zero-order valence-corrected chi connectivity index (χ0v) is 12.5. The van der Waals surface area contributed by atoms with Crippen LogP contribution < -0.4 is 5.32 Å². The van der Waals surface area contributed by atoms with Gasteiger partial charge < -0.3 is 20.1 Å². The number of urea groups is 1. The van der Waals surface area contributed by atoms with Crippen molar-refractivity contribution < 1.29 is 19.4 Å². The fourth-order valence-electron chi connectivity index (χ4n) is 1.86. The molecule has 2 rings (SSSR count). The number of anilines is 1. The molecule has 110 valence electrons. The second kappa shape index (κ2) is 6.56. The van der Waals surface area contributed by atoms with E-state index in [1.54, 1.807) is 0 Å². The number of halogens is 1. The van der Waals surface area contributed by atoms with Crippen molar-refractivity contribution in [3.05, 3.63) is 28.2 Å². The summed E-state index contributed by atoms with van der Waals surface area (Å²) in [7, 11) is 0. The fraction of sp³-hybridized carbons (Fsp3) is 0.308. The van der Waals surface area contributed by atoms with Crippen molar-refractivity contribution in [1.82, 2.24) is 4.90 Å². The monoisotopic (exact) mass is 353 g/mol. The highest BCUT2D eigenvalue weighted by molar-refractivity contribution is 9.10. The van der Waals surface area contributed by atoms with Crippen molar-refractivity contribution in [2.75, 3.05) is 25.0 Å². The average Bonchev–Trinajstić information content (AvgIpc) is 2.49. The highest BCUT2D eigenvalue weighted by Crippen LogP contribution is 2.24. The third-order valence-corrected chi connectivity index (χ3v) is 3.61. The largest absolute Gasteiger partial charge is 0.478 e. The normalized spacial score (nSPS) is 17.9. The maximum atomic E-state index is 12.1. The molecule has 0 saturated carbocycles. The van der Waals surface area contributed by atoms with Crippen LogP contribution in [0.3, 0.4) is 0 Å². The minimum absolute atomic E-state index is 0.121. The Kier molecular flexibility index (Phi) is 4.77. The Hall–Kier alpha value is -2.11. The maximum Gasteiger partial charge on any atom is 0.335 e. The SMILES string of the molecule is N#CC1CN(C(=O)Nc2ccc(C(=O)O)cc2Br)CCO1. The minimum Gasteiger partial charge on any atom is -0.478 e. The lowest BCUT2D eigenvalue weighted by atomic mass is 10.2. The van der Waals surface area contributed by atoms with Gasteiger partial charge in [-0.2, -0.15) is 5.26 Å². The van der Waals surface area contributed by atoms with Crippen LogP contribution in [0.2, 0.25) is 0 Å². The van der Waals surface area contributed by atoms with Crippen LogP contribution in [0.5, 0.6) is 0 Å². The summed E-state index contributed by atoms with van der Waals surface area (Å²) in [6.45, 7) is 0.909. The first-order valence-corrected chi connectivity index (χ1v) is 6.90. The van der Waals surface area contributed by atoms with Gasteiger partial charge in [-0.1, -0.05) is 0 Å². The van der Waals surface area contributed by atoms with Gasteiger partial charge in [0.1, 0.15) is 0 Å². The van der Waals surface area contributed by atoms with E-state index in [1.807, 2.05) is 6.07 Å². The van der Waals surface area contributed by atoms with Crippen LogP contribution in [-0.4, -0.2) is 47.8 Å². The Morgan fingerprint density at radius 3 is 2.90 bits per heavy atom. The molecular formula is C13H12BrN3O4. The van der Waals surface area contributed by atoms with Gasteiger partial charge in [-0.15, -0.1) is 0 Å². The van der Waals surface area contributed by atoms with Gasteiger partial charge in [0.15, 0.2) is 6.10 Å². The summed E-state index contributed by atoms with van der Waals surface area (Å²) in [4.78, 5) is 24.4. The van der Waals surface area contributed by atoms with Gasteiger partial charge in [0, 0.05) is 11.0 Å². The number of carbonyl (C=O) groups excluding carboxylic acids is 1. The number of benzene rings is 1. The summed E-state index contributed by atoms with van der Waals surface area (Å²) in [5.74, 6) is -1.04. The lowest BCUT2D eigenvalue weighted by Crippen LogP contribution is -2.46. The smallest absolute Gasteiger partial charge is 0.335 e. The van der Waals surface area contributed by atoms with E-state index in [9.17, 15) is 9.59 Å². The van der Waals surface area contributed by atoms with Gasteiger partial charge >= 0.3 is 12.0 Å². The molecule has 1 heterocycles. The molecule has 2 N–H and O–H groups in total. The van der Waals surface area contributed by atoms with Gasteiger partial charge in [0.05, 0.1) is 30.5 Å². The van der Waals surface area contributed by atoms with E-state index in [0.29, 0.717) is 23.3 Å². The van der Waals surface area contributed by atoms with E-state index in [-0.39, 0.29) is 18.1 Å². The van der Waals surface area contributed by atoms with E-state index in [2.05, 4.69) is 21.2 Å². The predicted molar refractivity (Wildman–Crippen MR) is 77.0 cm³/mol. The van der Waals surface area contributed by atoms with Crippen LogP contribution in [0.4, 0.5) is 10.5 Å². The second-order valence-corrected chi connectivity index (χ2v) is 5.22. The first kappa shape index (κ1) is 15.3. The van der Waals surface area contributed by atoms with E-state index < -0.39 is 12.1 Å². The molecule has 1 atom stereocenters. The second-order valence-electron chi connectivity index (χ2n) is 4.36. The van der Waals surface area contributed by atoms with Crippen LogP contribution in [0, 0.1) is 11.3 Å².